The number of amides is 1. The molecule has 0 bridgehead atoms. The first kappa shape index (κ1) is 15.9. The Balaban J connectivity index is 2.78. The summed E-state index contributed by atoms with van der Waals surface area (Å²) in [6.45, 7) is 4.35. The van der Waals surface area contributed by atoms with Gasteiger partial charge in [-0.1, -0.05) is 13.8 Å². The van der Waals surface area contributed by atoms with Crippen LogP contribution in [0.25, 0.3) is 0 Å². The maximum Gasteiger partial charge on any atom is 0.239 e. The van der Waals surface area contributed by atoms with E-state index < -0.39 is 11.6 Å². The van der Waals surface area contributed by atoms with Crippen molar-refractivity contribution in [2.45, 2.75) is 13.8 Å². The summed E-state index contributed by atoms with van der Waals surface area (Å²) in [4.78, 5) is 12.9. The van der Waals surface area contributed by atoms with Crippen LogP contribution < -0.4 is 10.2 Å². The zero-order valence-corrected chi connectivity index (χ0v) is 11.7. The number of likely N-dealkylation sites (N-methyl/N-ethyl adjacent to an activating group) is 1. The first-order chi connectivity index (χ1) is 9.36. The average molecular weight is 281 g/mol. The van der Waals surface area contributed by atoms with E-state index in [1.807, 2.05) is 13.8 Å². The molecule has 0 aromatic heterocycles. The normalized spacial score (nSPS) is 10.2. The van der Waals surface area contributed by atoms with Gasteiger partial charge in [0.1, 0.15) is 6.07 Å². The van der Waals surface area contributed by atoms with Crippen LogP contribution in [0.2, 0.25) is 0 Å². The number of benzene rings is 1. The van der Waals surface area contributed by atoms with Crippen LogP contribution in [-0.4, -0.2) is 26.0 Å². The zero-order valence-electron chi connectivity index (χ0n) is 11.7. The summed E-state index contributed by atoms with van der Waals surface area (Å²) in [5.41, 5.74) is -0.412. The van der Waals surface area contributed by atoms with Crippen molar-refractivity contribution in [1.82, 2.24) is 5.32 Å². The summed E-state index contributed by atoms with van der Waals surface area (Å²) in [5, 5.41) is 11.3. The van der Waals surface area contributed by atoms with Crippen LogP contribution in [0.4, 0.5) is 14.5 Å². The van der Waals surface area contributed by atoms with Crippen molar-refractivity contribution in [3.05, 3.63) is 29.3 Å². The van der Waals surface area contributed by atoms with E-state index in [0.29, 0.717) is 12.5 Å². The van der Waals surface area contributed by atoms with Gasteiger partial charge in [0.2, 0.25) is 5.91 Å². The molecule has 0 aliphatic carbocycles. The fraction of sp³-hybridized carbons (Fsp3) is 0.429. The van der Waals surface area contributed by atoms with Crippen molar-refractivity contribution >= 4 is 11.6 Å². The quantitative estimate of drug-likeness (QED) is 0.898. The number of halogens is 2. The molecule has 0 unspecified atom stereocenters. The van der Waals surface area contributed by atoms with Gasteiger partial charge in [-0.25, -0.2) is 8.78 Å². The van der Waals surface area contributed by atoms with Gasteiger partial charge in [0.15, 0.2) is 11.6 Å². The molecule has 1 aromatic rings. The van der Waals surface area contributed by atoms with E-state index in [4.69, 9.17) is 5.26 Å². The van der Waals surface area contributed by atoms with Gasteiger partial charge in [0, 0.05) is 13.6 Å². The van der Waals surface area contributed by atoms with E-state index in [-0.39, 0.29) is 23.7 Å². The topological polar surface area (TPSA) is 56.1 Å². The minimum absolute atomic E-state index is 0.0544. The summed E-state index contributed by atoms with van der Waals surface area (Å²) < 4.78 is 27.3. The lowest BCUT2D eigenvalue weighted by Gasteiger charge is -2.20. The van der Waals surface area contributed by atoms with E-state index in [1.165, 1.54) is 24.1 Å². The molecule has 108 valence electrons. The second-order valence-corrected chi connectivity index (χ2v) is 4.93. The van der Waals surface area contributed by atoms with Gasteiger partial charge in [0.05, 0.1) is 17.8 Å². The summed E-state index contributed by atoms with van der Waals surface area (Å²) in [6.07, 6.45) is 0. The van der Waals surface area contributed by atoms with Crippen molar-refractivity contribution in [2.75, 3.05) is 25.0 Å². The third-order valence-corrected chi connectivity index (χ3v) is 2.68. The summed E-state index contributed by atoms with van der Waals surface area (Å²) in [5.74, 6) is -2.28. The highest BCUT2D eigenvalue weighted by Gasteiger charge is 2.17. The number of hydrogen-bond acceptors (Lipinski definition) is 3. The van der Waals surface area contributed by atoms with E-state index in [9.17, 15) is 13.6 Å². The van der Waals surface area contributed by atoms with Crippen molar-refractivity contribution < 1.29 is 13.6 Å². The Labute approximate surface area is 117 Å². The fourth-order valence-corrected chi connectivity index (χ4v) is 1.59. The molecule has 1 N–H and O–H groups in total. The maximum atomic E-state index is 13.8. The largest absolute Gasteiger partial charge is 0.363 e. The van der Waals surface area contributed by atoms with Crippen LogP contribution >= 0.6 is 0 Å². The predicted octanol–water partition coefficient (Wildman–Crippen LogP) is 2.04. The number of nitrogens with one attached hydrogen (secondary N) is 1. The van der Waals surface area contributed by atoms with Gasteiger partial charge in [-0.05, 0) is 18.1 Å². The minimum Gasteiger partial charge on any atom is -0.363 e. The first-order valence-electron chi connectivity index (χ1n) is 6.22. The molecular formula is C14H17F2N3O. The Morgan fingerprint density at radius 1 is 1.40 bits per heavy atom. The van der Waals surface area contributed by atoms with E-state index in [0.717, 1.165) is 0 Å². The van der Waals surface area contributed by atoms with Crippen LogP contribution in [0.5, 0.6) is 0 Å². The molecule has 0 saturated carbocycles. The number of carbonyl (C=O) groups excluding carboxylic acids is 1. The number of rotatable bonds is 5. The summed E-state index contributed by atoms with van der Waals surface area (Å²) >= 11 is 0. The van der Waals surface area contributed by atoms with Gasteiger partial charge < -0.3 is 10.2 Å². The number of carbonyl (C=O) groups is 1. The van der Waals surface area contributed by atoms with E-state index in [1.54, 1.807) is 6.07 Å². The number of nitrogens with zero attached hydrogens (tertiary/aromatic N) is 2. The molecule has 1 amide bonds. The van der Waals surface area contributed by atoms with Crippen LogP contribution in [0.15, 0.2) is 12.1 Å². The molecule has 0 spiro atoms. The maximum absolute atomic E-state index is 13.8. The lowest BCUT2D eigenvalue weighted by molar-refractivity contribution is -0.119. The smallest absolute Gasteiger partial charge is 0.239 e. The molecule has 20 heavy (non-hydrogen) atoms. The van der Waals surface area contributed by atoms with Crippen LogP contribution in [0.3, 0.4) is 0 Å². The molecule has 0 radical (unpaired) electrons. The first-order valence-corrected chi connectivity index (χ1v) is 6.22. The molecule has 0 fully saturated rings. The van der Waals surface area contributed by atoms with Gasteiger partial charge in [0.25, 0.3) is 0 Å². The van der Waals surface area contributed by atoms with Crippen molar-refractivity contribution in [3.63, 3.8) is 0 Å². The van der Waals surface area contributed by atoms with Gasteiger partial charge in [-0.3, -0.25) is 4.79 Å². The van der Waals surface area contributed by atoms with Crippen LogP contribution in [-0.2, 0) is 4.79 Å². The highest BCUT2D eigenvalue weighted by Crippen LogP contribution is 2.22. The third kappa shape index (κ3) is 3.92. The highest BCUT2D eigenvalue weighted by molar-refractivity contribution is 5.81. The lowest BCUT2D eigenvalue weighted by atomic mass is 10.2. The monoisotopic (exact) mass is 281 g/mol. The molecule has 0 aliphatic rings. The second-order valence-electron chi connectivity index (χ2n) is 4.93. The van der Waals surface area contributed by atoms with Crippen molar-refractivity contribution in [3.8, 4) is 6.07 Å². The number of anilines is 1. The van der Waals surface area contributed by atoms with E-state index in [2.05, 4.69) is 5.32 Å². The lowest BCUT2D eigenvalue weighted by Crippen LogP contribution is -2.37. The molecule has 4 nitrogen and oxygen atoms in total. The summed E-state index contributed by atoms with van der Waals surface area (Å²) in [6, 6.07) is 4.04. The Morgan fingerprint density at radius 2 is 2.05 bits per heavy atom. The predicted molar refractivity (Wildman–Crippen MR) is 72.2 cm³/mol. The van der Waals surface area contributed by atoms with Crippen molar-refractivity contribution in [2.24, 2.45) is 5.92 Å². The van der Waals surface area contributed by atoms with Crippen LogP contribution in [0, 0.1) is 28.9 Å². The van der Waals surface area contributed by atoms with Crippen molar-refractivity contribution in [1.29, 1.82) is 5.26 Å². The molecule has 1 rings (SSSR count). The second kappa shape index (κ2) is 6.85. The average Bonchev–Trinajstić information content (AvgIpc) is 2.39. The Morgan fingerprint density at radius 3 is 2.60 bits per heavy atom. The highest BCUT2D eigenvalue weighted by atomic mass is 19.2. The van der Waals surface area contributed by atoms with Crippen LogP contribution in [0.1, 0.15) is 19.4 Å². The molecule has 0 heterocycles. The molecule has 0 aliphatic heterocycles. The molecule has 6 heteroatoms. The molecule has 1 aromatic carbocycles. The van der Waals surface area contributed by atoms with Gasteiger partial charge in [-0.15, -0.1) is 0 Å². The number of hydrogen-bond donors (Lipinski definition) is 1. The van der Waals surface area contributed by atoms with Gasteiger partial charge >= 0.3 is 0 Å². The Kier molecular flexibility index (Phi) is 5.44. The fourth-order valence-electron chi connectivity index (χ4n) is 1.59. The third-order valence-electron chi connectivity index (χ3n) is 2.68. The number of nitriles is 1. The molecule has 0 saturated heterocycles. The van der Waals surface area contributed by atoms with E-state index >= 15 is 0 Å². The summed E-state index contributed by atoms with van der Waals surface area (Å²) in [7, 11) is 1.48. The zero-order chi connectivity index (χ0) is 15.3. The minimum atomic E-state index is -1.19. The Hall–Kier alpha value is -2.16. The SMILES string of the molecule is CC(C)CNC(=O)CN(C)c1ccc(C#N)c(F)c1F. The molecular weight excluding hydrogens is 264 g/mol. The molecule has 0 atom stereocenters. The van der Waals surface area contributed by atoms with Gasteiger partial charge in [-0.2, -0.15) is 5.26 Å². The Bertz CT molecular complexity index is 538. The standard InChI is InChI=1S/C14H17F2N3O/c1-9(2)7-18-12(20)8-19(3)11-5-4-10(6-17)13(15)14(11)16/h4-5,9H,7-8H2,1-3H3,(H,18,20).